The van der Waals surface area contributed by atoms with E-state index in [0.717, 1.165) is 20.8 Å². The fraction of sp³-hybridized carbons (Fsp3) is 0.694. The summed E-state index contributed by atoms with van der Waals surface area (Å²) in [5.41, 5.74) is 21.5. The normalized spacial score (nSPS) is 16.3. The minimum Gasteiger partial charge on any atom is -0.481 e. The molecule has 0 aromatic carbocycles. The van der Waals surface area contributed by atoms with Crippen LogP contribution >= 0.6 is 0 Å². The van der Waals surface area contributed by atoms with Crippen LogP contribution in [0.4, 0.5) is 0 Å². The first-order chi connectivity index (χ1) is 29.1. The monoisotopic (exact) mass is 904 g/mol. The first kappa shape index (κ1) is 56.8. The Hall–Kier alpha value is -6.19. The average Bonchev–Trinajstić information content (AvgIpc) is 3.17. The zero-order valence-electron chi connectivity index (χ0n) is 36.0. The van der Waals surface area contributed by atoms with Crippen molar-refractivity contribution in [2.75, 3.05) is 6.54 Å². The summed E-state index contributed by atoms with van der Waals surface area (Å²) in [5.74, 6) is -11.9. The molecule has 0 fully saturated rings. The largest absolute Gasteiger partial charge is 0.481 e. The smallest absolute Gasteiger partial charge is 0.326 e. The van der Waals surface area contributed by atoms with Gasteiger partial charge in [-0.2, -0.15) is 0 Å². The number of guanidine groups is 1. The molecule has 63 heavy (non-hydrogen) atoms. The molecule has 8 amide bonds. The standard InChI is InChI=1S/C36H64N12O15/c1-14(2)24(45-33(60)27(18(6)51)47-30(57)20(8-7-13-41-36(39)40)43-29(56)19(37)9-12-23(53)54)31(58)42-15(3)28(55)46-26(17(5)50)34(61)48-25(16(4)49)32(59)44-21(35(62)63)10-11-22(38)52/h14-21,24-27,49-51H,7-13,37H2,1-6H3,(H2,38,52)(H,42,58)(H,43,56)(H,44,59)(H,45,60)(H,46,55)(H,47,57)(H,48,61)(H,53,54)(H,62,63)(H4,39,40,41)/t15-,16+,17+,18+,19-,20-,21-,24-,25-,26-,27-/m0/s1. The van der Waals surface area contributed by atoms with Gasteiger partial charge in [-0.15, -0.1) is 0 Å². The van der Waals surface area contributed by atoms with Crippen LogP contribution in [0.3, 0.4) is 0 Å². The Morgan fingerprint density at radius 1 is 0.508 bits per heavy atom. The Bertz CT molecular complexity index is 1660. The Kier molecular flexibility index (Phi) is 25.0. The highest BCUT2D eigenvalue weighted by Gasteiger charge is 2.37. The Morgan fingerprint density at radius 2 is 0.937 bits per heavy atom. The molecule has 0 spiro atoms. The van der Waals surface area contributed by atoms with E-state index in [1.807, 2.05) is 0 Å². The predicted octanol–water partition coefficient (Wildman–Crippen LogP) is -7.21. The topological polar surface area (TPSA) is 472 Å². The van der Waals surface area contributed by atoms with Gasteiger partial charge in [0.05, 0.1) is 24.4 Å². The van der Waals surface area contributed by atoms with Crippen molar-refractivity contribution in [3.05, 3.63) is 0 Å². The summed E-state index contributed by atoms with van der Waals surface area (Å²) in [6.45, 7) is 7.57. The van der Waals surface area contributed by atoms with E-state index in [9.17, 15) is 68.4 Å². The summed E-state index contributed by atoms with van der Waals surface area (Å²) in [7, 11) is 0. The summed E-state index contributed by atoms with van der Waals surface area (Å²) in [5, 5.41) is 65.3. The lowest BCUT2D eigenvalue weighted by atomic mass is 10.0. The van der Waals surface area contributed by atoms with Crippen LogP contribution in [-0.2, 0) is 47.9 Å². The minimum absolute atomic E-state index is 0.0301. The molecule has 0 bridgehead atoms. The number of hydrogen-bond donors (Lipinski definition) is 16. The maximum Gasteiger partial charge on any atom is 0.326 e. The van der Waals surface area contributed by atoms with Crippen LogP contribution in [0.1, 0.15) is 80.1 Å². The lowest BCUT2D eigenvalue weighted by molar-refractivity contribution is -0.143. The quantitative estimate of drug-likeness (QED) is 0.0188. The fourth-order valence-electron chi connectivity index (χ4n) is 5.40. The van der Waals surface area contributed by atoms with Gasteiger partial charge in [-0.1, -0.05) is 13.8 Å². The maximum atomic E-state index is 13.5. The van der Waals surface area contributed by atoms with Crippen LogP contribution in [-0.4, -0.2) is 164 Å². The summed E-state index contributed by atoms with van der Waals surface area (Å²) in [6, 6.07) is -12.6. The van der Waals surface area contributed by atoms with Crippen molar-refractivity contribution >= 4 is 65.2 Å². The highest BCUT2D eigenvalue weighted by molar-refractivity contribution is 5.98. The number of nitrogens with two attached hydrogens (primary N) is 4. The first-order valence-electron chi connectivity index (χ1n) is 19.8. The van der Waals surface area contributed by atoms with Crippen LogP contribution in [0.25, 0.3) is 0 Å². The first-order valence-corrected chi connectivity index (χ1v) is 19.8. The van der Waals surface area contributed by atoms with Gasteiger partial charge in [0, 0.05) is 19.4 Å². The predicted molar refractivity (Wildman–Crippen MR) is 220 cm³/mol. The third-order valence-electron chi connectivity index (χ3n) is 9.07. The number of aliphatic hydroxyl groups excluding tert-OH is 3. The molecule has 0 saturated carbocycles. The molecule has 27 heteroatoms. The number of aliphatic carboxylic acids is 2. The maximum absolute atomic E-state index is 13.5. The molecule has 11 atom stereocenters. The molecule has 20 N–H and O–H groups in total. The van der Waals surface area contributed by atoms with E-state index in [4.69, 9.17) is 28.0 Å². The molecular formula is C36H64N12O15. The Morgan fingerprint density at radius 3 is 1.37 bits per heavy atom. The molecule has 0 aliphatic heterocycles. The molecule has 358 valence electrons. The van der Waals surface area contributed by atoms with Gasteiger partial charge in [-0.3, -0.25) is 48.1 Å². The molecule has 0 rings (SSSR count). The van der Waals surface area contributed by atoms with Gasteiger partial charge in [-0.05, 0) is 59.3 Å². The highest BCUT2D eigenvalue weighted by atomic mass is 16.4. The van der Waals surface area contributed by atoms with Crippen molar-refractivity contribution in [3.63, 3.8) is 0 Å². The highest BCUT2D eigenvalue weighted by Crippen LogP contribution is 2.08. The summed E-state index contributed by atoms with van der Waals surface area (Å²) < 4.78 is 0. The van der Waals surface area contributed by atoms with E-state index < -0.39 is 151 Å². The van der Waals surface area contributed by atoms with Gasteiger partial charge in [-0.25, -0.2) is 4.79 Å². The van der Waals surface area contributed by atoms with Crippen molar-refractivity contribution in [2.24, 2.45) is 33.8 Å². The number of carbonyl (C=O) groups is 10. The lowest BCUT2D eigenvalue weighted by Gasteiger charge is -2.29. The minimum atomic E-state index is -1.82. The van der Waals surface area contributed by atoms with Crippen LogP contribution < -0.4 is 60.2 Å². The number of rotatable bonds is 29. The number of nitrogens with zero attached hydrogens (tertiary/aromatic N) is 1. The Labute approximate surface area is 362 Å². The van der Waals surface area contributed by atoms with Crippen molar-refractivity contribution in [1.82, 2.24) is 37.2 Å². The Balaban J connectivity index is 6.00. The van der Waals surface area contributed by atoms with Crippen molar-refractivity contribution in [2.45, 2.75) is 147 Å². The van der Waals surface area contributed by atoms with E-state index in [0.29, 0.717) is 0 Å². The molecule has 0 heterocycles. The third-order valence-corrected chi connectivity index (χ3v) is 9.07. The van der Waals surface area contributed by atoms with Crippen molar-refractivity contribution < 1.29 is 73.5 Å². The number of primary amides is 1. The number of amides is 8. The number of hydrogen-bond acceptors (Lipinski definition) is 15. The molecule has 0 aliphatic carbocycles. The lowest BCUT2D eigenvalue weighted by Crippen LogP contribution is -2.63. The summed E-state index contributed by atoms with van der Waals surface area (Å²) in [6.07, 6.45) is -6.38. The molecule has 0 radical (unpaired) electrons. The van der Waals surface area contributed by atoms with E-state index in [1.165, 1.54) is 20.8 Å². The zero-order chi connectivity index (χ0) is 48.9. The second-order valence-corrected chi connectivity index (χ2v) is 15.1. The number of carboxylic acids is 2. The van der Waals surface area contributed by atoms with E-state index in [1.54, 1.807) is 0 Å². The van der Waals surface area contributed by atoms with Gasteiger partial charge in [0.25, 0.3) is 0 Å². The molecule has 0 unspecified atom stereocenters. The van der Waals surface area contributed by atoms with E-state index >= 15 is 0 Å². The summed E-state index contributed by atoms with van der Waals surface area (Å²) in [4.78, 5) is 130. The van der Waals surface area contributed by atoms with E-state index in [2.05, 4.69) is 42.2 Å². The molecular weight excluding hydrogens is 840 g/mol. The zero-order valence-corrected chi connectivity index (χ0v) is 36.0. The van der Waals surface area contributed by atoms with Gasteiger partial charge in [0.15, 0.2) is 5.96 Å². The number of aliphatic imine (C=N–C) groups is 1. The molecule has 0 aromatic heterocycles. The number of nitrogens with one attached hydrogen (secondary N) is 7. The SMILES string of the molecule is CC(C)[C@H](NC(=O)[C@@H](NC(=O)[C@H](CCCN=C(N)N)NC(=O)[C@@H](N)CCC(=O)O)[C@@H](C)O)C(=O)N[C@@H](C)C(=O)N[C@H](C(=O)N[C@H](C(=O)N[C@@H](CCC(N)=O)C(=O)O)[C@@H](C)O)[C@@H](C)O. The molecule has 0 aliphatic rings. The van der Waals surface area contributed by atoms with Crippen molar-refractivity contribution in [3.8, 4) is 0 Å². The fourth-order valence-corrected chi connectivity index (χ4v) is 5.40. The third kappa shape index (κ3) is 21.4. The number of carboxylic acid groups (broad SMARTS) is 2. The number of carbonyl (C=O) groups excluding carboxylic acids is 8. The summed E-state index contributed by atoms with van der Waals surface area (Å²) >= 11 is 0. The second-order valence-electron chi connectivity index (χ2n) is 15.1. The molecule has 27 nitrogen and oxygen atoms in total. The van der Waals surface area contributed by atoms with Gasteiger partial charge in [0.2, 0.25) is 47.3 Å². The molecule has 0 saturated heterocycles. The van der Waals surface area contributed by atoms with Gasteiger partial charge >= 0.3 is 11.9 Å². The van der Waals surface area contributed by atoms with Crippen LogP contribution in [0.2, 0.25) is 0 Å². The van der Waals surface area contributed by atoms with Crippen LogP contribution in [0.15, 0.2) is 4.99 Å². The second kappa shape index (κ2) is 27.7. The average molecular weight is 905 g/mol. The van der Waals surface area contributed by atoms with Gasteiger partial charge in [0.1, 0.15) is 42.3 Å². The van der Waals surface area contributed by atoms with Crippen molar-refractivity contribution in [1.29, 1.82) is 0 Å². The van der Waals surface area contributed by atoms with E-state index in [-0.39, 0.29) is 31.8 Å². The van der Waals surface area contributed by atoms with Crippen LogP contribution in [0.5, 0.6) is 0 Å². The van der Waals surface area contributed by atoms with Crippen LogP contribution in [0, 0.1) is 5.92 Å². The van der Waals surface area contributed by atoms with Gasteiger partial charge < -0.3 is 85.7 Å². The number of aliphatic hydroxyl groups is 3. The molecule has 0 aromatic rings.